The van der Waals surface area contributed by atoms with E-state index in [9.17, 15) is 31.4 Å². The standard InChI is InChI=1S/C9H8F6O2/c10-6(11)8(12,13)9(14,15)7(17)4-2-1-3-5(7)16/h1-6,16-17H. The summed E-state index contributed by atoms with van der Waals surface area (Å²) in [6, 6.07) is 0. The molecule has 2 nitrogen and oxygen atoms in total. The van der Waals surface area contributed by atoms with Crippen molar-refractivity contribution in [3.8, 4) is 0 Å². The second kappa shape index (κ2) is 4.02. The number of hydrogen-bond acceptors (Lipinski definition) is 2. The van der Waals surface area contributed by atoms with E-state index < -0.39 is 30.0 Å². The van der Waals surface area contributed by atoms with Crippen molar-refractivity contribution >= 4 is 0 Å². The van der Waals surface area contributed by atoms with Crippen LogP contribution in [0, 0.1) is 0 Å². The largest absolute Gasteiger partial charge is 0.385 e. The van der Waals surface area contributed by atoms with Crippen LogP contribution in [0.3, 0.4) is 0 Å². The Morgan fingerprint density at radius 1 is 1.12 bits per heavy atom. The molecule has 1 aliphatic carbocycles. The van der Waals surface area contributed by atoms with Crippen LogP contribution in [-0.4, -0.2) is 40.2 Å². The fourth-order valence-corrected chi connectivity index (χ4v) is 1.31. The van der Waals surface area contributed by atoms with Gasteiger partial charge in [-0.05, 0) is 6.08 Å². The van der Waals surface area contributed by atoms with Crippen LogP contribution < -0.4 is 0 Å². The van der Waals surface area contributed by atoms with Crippen molar-refractivity contribution in [2.45, 2.75) is 30.0 Å². The van der Waals surface area contributed by atoms with E-state index in [4.69, 9.17) is 5.11 Å². The smallest absolute Gasteiger partial charge is 0.372 e. The Balaban J connectivity index is 3.22. The van der Waals surface area contributed by atoms with Crippen molar-refractivity contribution in [1.29, 1.82) is 0 Å². The summed E-state index contributed by atoms with van der Waals surface area (Å²) in [6.07, 6.45) is -4.57. The number of aliphatic hydroxyl groups is 2. The first-order chi connectivity index (χ1) is 7.57. The van der Waals surface area contributed by atoms with Gasteiger partial charge in [0, 0.05) is 0 Å². The summed E-state index contributed by atoms with van der Waals surface area (Å²) in [4.78, 5) is 0. The molecule has 0 spiro atoms. The quantitative estimate of drug-likeness (QED) is 0.760. The molecule has 0 heterocycles. The van der Waals surface area contributed by atoms with Crippen molar-refractivity contribution in [3.05, 3.63) is 24.3 Å². The normalized spacial score (nSPS) is 30.1. The first-order valence-corrected chi connectivity index (χ1v) is 4.37. The summed E-state index contributed by atoms with van der Waals surface area (Å²) in [7, 11) is 0. The highest BCUT2D eigenvalue weighted by atomic mass is 19.3. The molecule has 2 unspecified atom stereocenters. The highest BCUT2D eigenvalue weighted by Gasteiger charge is 2.73. The van der Waals surface area contributed by atoms with Crippen LogP contribution in [0.15, 0.2) is 24.3 Å². The maximum absolute atomic E-state index is 13.2. The lowest BCUT2D eigenvalue weighted by molar-refractivity contribution is -0.324. The van der Waals surface area contributed by atoms with Crippen molar-refractivity contribution < 1.29 is 36.6 Å². The summed E-state index contributed by atoms with van der Waals surface area (Å²) < 4.78 is 75.7. The molecule has 2 atom stereocenters. The van der Waals surface area contributed by atoms with Crippen molar-refractivity contribution in [3.63, 3.8) is 0 Å². The highest BCUT2D eigenvalue weighted by molar-refractivity contribution is 5.28. The van der Waals surface area contributed by atoms with Gasteiger partial charge in [0.15, 0.2) is 5.60 Å². The van der Waals surface area contributed by atoms with E-state index in [0.29, 0.717) is 6.08 Å². The summed E-state index contributed by atoms with van der Waals surface area (Å²) in [5.74, 6) is -11.3. The van der Waals surface area contributed by atoms with Crippen LogP contribution in [-0.2, 0) is 0 Å². The summed E-state index contributed by atoms with van der Waals surface area (Å²) in [6.45, 7) is 0. The Morgan fingerprint density at radius 2 is 1.65 bits per heavy atom. The molecule has 0 saturated carbocycles. The molecule has 1 aliphatic rings. The van der Waals surface area contributed by atoms with E-state index >= 15 is 0 Å². The fraction of sp³-hybridized carbons (Fsp3) is 0.556. The number of halogens is 6. The van der Waals surface area contributed by atoms with Gasteiger partial charge in [0.1, 0.15) is 6.10 Å². The number of allylic oxidation sites excluding steroid dienone is 2. The third-order valence-corrected chi connectivity index (χ3v) is 2.40. The fourth-order valence-electron chi connectivity index (χ4n) is 1.31. The third kappa shape index (κ3) is 1.85. The van der Waals surface area contributed by atoms with Crippen molar-refractivity contribution in [2.24, 2.45) is 0 Å². The zero-order valence-electron chi connectivity index (χ0n) is 8.13. The Morgan fingerprint density at radius 3 is 2.06 bits per heavy atom. The number of alkyl halides is 6. The maximum atomic E-state index is 13.2. The molecule has 0 aromatic rings. The molecule has 0 bridgehead atoms. The van der Waals surface area contributed by atoms with Crippen LogP contribution in [0.1, 0.15) is 0 Å². The van der Waals surface area contributed by atoms with E-state index in [0.717, 1.165) is 12.2 Å². The van der Waals surface area contributed by atoms with E-state index in [1.54, 1.807) is 0 Å². The molecule has 2 N–H and O–H groups in total. The molecule has 98 valence electrons. The molecule has 0 aromatic carbocycles. The molecule has 17 heavy (non-hydrogen) atoms. The van der Waals surface area contributed by atoms with Gasteiger partial charge in [-0.1, -0.05) is 18.2 Å². The van der Waals surface area contributed by atoms with Gasteiger partial charge in [0.05, 0.1) is 0 Å². The molecule has 0 saturated heterocycles. The second-order valence-electron chi connectivity index (χ2n) is 3.51. The molecule has 0 fully saturated rings. The Labute approximate surface area is 91.9 Å². The molecular formula is C9H8F6O2. The van der Waals surface area contributed by atoms with E-state index in [1.165, 1.54) is 0 Å². The van der Waals surface area contributed by atoms with Gasteiger partial charge in [0.25, 0.3) is 0 Å². The van der Waals surface area contributed by atoms with Gasteiger partial charge in [-0.3, -0.25) is 0 Å². The summed E-state index contributed by atoms with van der Waals surface area (Å²) in [5, 5.41) is 18.4. The topological polar surface area (TPSA) is 40.5 Å². The van der Waals surface area contributed by atoms with Crippen LogP contribution in [0.5, 0.6) is 0 Å². The van der Waals surface area contributed by atoms with Crippen LogP contribution in [0.4, 0.5) is 26.3 Å². The zero-order chi connectivity index (χ0) is 13.5. The van der Waals surface area contributed by atoms with Gasteiger partial charge < -0.3 is 10.2 Å². The third-order valence-electron chi connectivity index (χ3n) is 2.40. The van der Waals surface area contributed by atoms with Crippen molar-refractivity contribution in [1.82, 2.24) is 0 Å². The molecule has 0 radical (unpaired) electrons. The maximum Gasteiger partial charge on any atom is 0.372 e. The molecule has 0 aliphatic heterocycles. The predicted octanol–water partition coefficient (Wildman–Crippen LogP) is 1.74. The molecular weight excluding hydrogens is 254 g/mol. The lowest BCUT2D eigenvalue weighted by Crippen LogP contribution is -2.65. The Bertz CT molecular complexity index is 351. The number of rotatable bonds is 3. The second-order valence-corrected chi connectivity index (χ2v) is 3.51. The van der Waals surface area contributed by atoms with Gasteiger partial charge in [-0.25, -0.2) is 8.78 Å². The van der Waals surface area contributed by atoms with Gasteiger partial charge in [0.2, 0.25) is 0 Å². The minimum Gasteiger partial charge on any atom is -0.385 e. The minimum atomic E-state index is -5.77. The molecule has 0 aromatic heterocycles. The first kappa shape index (κ1) is 14.0. The van der Waals surface area contributed by atoms with Gasteiger partial charge in [-0.15, -0.1) is 0 Å². The highest BCUT2D eigenvalue weighted by Crippen LogP contribution is 2.48. The lowest BCUT2D eigenvalue weighted by atomic mass is 9.82. The minimum absolute atomic E-state index is 0.161. The number of hydrogen-bond donors (Lipinski definition) is 2. The zero-order valence-corrected chi connectivity index (χ0v) is 8.13. The van der Waals surface area contributed by atoms with Crippen LogP contribution >= 0.6 is 0 Å². The molecule has 0 amide bonds. The summed E-state index contributed by atoms with van der Waals surface area (Å²) >= 11 is 0. The van der Waals surface area contributed by atoms with Crippen LogP contribution in [0.25, 0.3) is 0 Å². The summed E-state index contributed by atoms with van der Waals surface area (Å²) in [5.41, 5.74) is -3.78. The monoisotopic (exact) mass is 262 g/mol. The van der Waals surface area contributed by atoms with Crippen molar-refractivity contribution in [2.75, 3.05) is 0 Å². The van der Waals surface area contributed by atoms with E-state index in [-0.39, 0.29) is 6.08 Å². The predicted molar refractivity (Wildman–Crippen MR) is 45.1 cm³/mol. The average molecular weight is 262 g/mol. The van der Waals surface area contributed by atoms with E-state index in [2.05, 4.69) is 0 Å². The molecule has 8 heteroatoms. The van der Waals surface area contributed by atoms with E-state index in [1.807, 2.05) is 0 Å². The molecule has 1 rings (SSSR count). The van der Waals surface area contributed by atoms with Gasteiger partial charge in [-0.2, -0.15) is 17.6 Å². The Kier molecular flexibility index (Phi) is 3.32. The Hall–Kier alpha value is -1.02. The number of aliphatic hydroxyl groups excluding tert-OH is 1. The average Bonchev–Trinajstić information content (AvgIpc) is 2.21. The van der Waals surface area contributed by atoms with Crippen LogP contribution in [0.2, 0.25) is 0 Å². The van der Waals surface area contributed by atoms with Gasteiger partial charge >= 0.3 is 18.3 Å². The first-order valence-electron chi connectivity index (χ1n) is 4.37. The lowest BCUT2D eigenvalue weighted by Gasteiger charge is -2.40. The SMILES string of the molecule is OC1C=CC=CC1(O)C(F)(F)C(F)(F)C(F)F.